The Morgan fingerprint density at radius 3 is 1.30 bits per heavy atom. The maximum Gasteiger partial charge on any atom is 0.248 e. The lowest BCUT2D eigenvalue weighted by atomic mass is 9.99. The third-order valence-corrected chi connectivity index (χ3v) is 6.64. The number of hydrogen-bond donors (Lipinski definition) is 12. The molecule has 0 aliphatic carbocycles. The van der Waals surface area contributed by atoms with E-state index >= 15 is 0 Å². The first-order valence-electron chi connectivity index (χ1n) is 11.9. The normalized spacial score (nSPS) is 44.2. The van der Waals surface area contributed by atoms with Gasteiger partial charge in [0.25, 0.3) is 0 Å². The van der Waals surface area contributed by atoms with Crippen LogP contribution in [0.1, 0.15) is 0 Å². The molecule has 0 saturated carbocycles. The highest BCUT2D eigenvalue weighted by Gasteiger charge is 2.47. The molecule has 18 heteroatoms. The summed E-state index contributed by atoms with van der Waals surface area (Å²) >= 11 is 0. The van der Waals surface area contributed by atoms with Gasteiger partial charge in [-0.25, -0.2) is 0 Å². The standard InChI is InChI=1S/C22H30N2O16/c25-5-9-15(29)17(31)19(33)21(39-9)37-7-1-3-23(35)11(13(7)27)12-14(28)8(2-4-24(12)36)38-22-20(34)18(32)16(30)10(6-26)40-22/h1-4,9-10,15-34H,5-6H2/t9-,10-,15-,16-,17+,18+,19-,20-,21-,22-/m1/s1. The number of quaternary nitrogens is 2. The van der Waals surface area contributed by atoms with Crippen molar-refractivity contribution >= 4 is 0 Å². The molecular formula is C22H30N2O16. The summed E-state index contributed by atoms with van der Waals surface area (Å²) in [5, 5.41) is 124. The van der Waals surface area contributed by atoms with Crippen molar-refractivity contribution in [1.29, 1.82) is 0 Å². The highest BCUT2D eigenvalue weighted by Crippen LogP contribution is 2.29. The SMILES string of the molecule is [O-][NH+]1C=CC(O[C@@H]2O[C@H](CO)[C@@H](O)[C@H](O)[C@H]2O)=C(O)C1=C1C(O)=C(O[C@@H]2O[C@H](CO)[C@@H](O)[C@H](O)[C@H]2O)C=C[NH+]1[O-]. The van der Waals surface area contributed by atoms with E-state index in [9.17, 15) is 61.5 Å². The first-order chi connectivity index (χ1) is 18.9. The van der Waals surface area contributed by atoms with Crippen molar-refractivity contribution in [2.75, 3.05) is 13.2 Å². The quantitative estimate of drug-likeness (QED) is 0.130. The molecule has 4 rings (SSSR count). The fourth-order valence-corrected chi connectivity index (χ4v) is 4.36. The van der Waals surface area contributed by atoms with Crippen LogP contribution in [-0.2, 0) is 18.9 Å². The highest BCUT2D eigenvalue weighted by molar-refractivity contribution is 5.40. The van der Waals surface area contributed by atoms with Crippen LogP contribution < -0.4 is 10.1 Å². The molecule has 4 aliphatic rings. The number of hydroxylamine groups is 4. The second-order valence-corrected chi connectivity index (χ2v) is 9.20. The molecule has 0 aromatic heterocycles. The molecule has 4 aliphatic heterocycles. The van der Waals surface area contributed by atoms with Gasteiger partial charge in [0, 0.05) is 12.2 Å². The Kier molecular flexibility index (Phi) is 9.14. The summed E-state index contributed by atoms with van der Waals surface area (Å²) in [6, 6.07) is 0. The predicted molar refractivity (Wildman–Crippen MR) is 123 cm³/mol. The van der Waals surface area contributed by atoms with Gasteiger partial charge >= 0.3 is 0 Å². The van der Waals surface area contributed by atoms with Crippen molar-refractivity contribution in [3.63, 3.8) is 0 Å². The van der Waals surface area contributed by atoms with Gasteiger partial charge in [-0.15, -0.1) is 0 Å². The number of nitrogens with one attached hydrogen (secondary N) is 2. The van der Waals surface area contributed by atoms with Gasteiger partial charge in [-0.05, 0) is 0 Å². The largest absolute Gasteiger partial charge is 0.624 e. The molecule has 2 saturated heterocycles. The third kappa shape index (κ3) is 5.46. The second-order valence-electron chi connectivity index (χ2n) is 9.20. The van der Waals surface area contributed by atoms with Crippen molar-refractivity contribution in [3.8, 4) is 0 Å². The van der Waals surface area contributed by atoms with Crippen LogP contribution in [0, 0.1) is 10.4 Å². The monoisotopic (exact) mass is 578 g/mol. The van der Waals surface area contributed by atoms with E-state index in [1.54, 1.807) is 0 Å². The lowest BCUT2D eigenvalue weighted by Crippen LogP contribution is -3.07. The fourth-order valence-electron chi connectivity index (χ4n) is 4.36. The van der Waals surface area contributed by atoms with Gasteiger partial charge in [-0.2, -0.15) is 0 Å². The molecule has 2 unspecified atom stereocenters. The lowest BCUT2D eigenvalue weighted by Gasteiger charge is -2.40. The van der Waals surface area contributed by atoms with Gasteiger partial charge in [-0.3, -0.25) is 0 Å². The van der Waals surface area contributed by atoms with Crippen LogP contribution in [0.25, 0.3) is 0 Å². The minimum absolute atomic E-state index is 0.557. The van der Waals surface area contributed by atoms with Crippen LogP contribution in [0.3, 0.4) is 0 Å². The minimum Gasteiger partial charge on any atom is -0.624 e. The zero-order chi connectivity index (χ0) is 29.5. The Hall–Kier alpha value is -2.66. The van der Waals surface area contributed by atoms with E-state index in [1.807, 2.05) is 0 Å². The third-order valence-electron chi connectivity index (χ3n) is 6.64. The zero-order valence-electron chi connectivity index (χ0n) is 20.4. The molecule has 0 radical (unpaired) electrons. The molecule has 0 bridgehead atoms. The van der Waals surface area contributed by atoms with E-state index in [-0.39, 0.29) is 0 Å². The van der Waals surface area contributed by atoms with E-state index in [1.165, 1.54) is 0 Å². The van der Waals surface area contributed by atoms with E-state index < -0.39 is 119 Å². The summed E-state index contributed by atoms with van der Waals surface area (Å²) < 4.78 is 21.2. The maximum absolute atomic E-state index is 12.7. The van der Waals surface area contributed by atoms with Crippen molar-refractivity contribution in [3.05, 3.63) is 69.4 Å². The van der Waals surface area contributed by atoms with E-state index in [4.69, 9.17) is 18.9 Å². The average Bonchev–Trinajstić information content (AvgIpc) is 2.93. The van der Waals surface area contributed by atoms with Crippen LogP contribution in [0.4, 0.5) is 0 Å². The number of aliphatic hydroxyl groups is 10. The van der Waals surface area contributed by atoms with E-state index in [0.29, 0.717) is 0 Å². The Bertz CT molecular complexity index is 1020. The summed E-state index contributed by atoms with van der Waals surface area (Å²) in [5.41, 5.74) is -1.55. The van der Waals surface area contributed by atoms with Gasteiger partial charge in [-0.1, -0.05) is 0 Å². The van der Waals surface area contributed by atoms with Gasteiger partial charge in [0.2, 0.25) is 35.5 Å². The molecule has 0 amide bonds. The Labute approximate surface area is 224 Å². The van der Waals surface area contributed by atoms with Gasteiger partial charge in [0.05, 0.1) is 13.2 Å². The average molecular weight is 578 g/mol. The zero-order valence-corrected chi connectivity index (χ0v) is 20.4. The van der Waals surface area contributed by atoms with Gasteiger partial charge in [0.1, 0.15) is 61.2 Å². The molecule has 0 aromatic carbocycles. The smallest absolute Gasteiger partial charge is 0.248 e. The highest BCUT2D eigenvalue weighted by atomic mass is 16.7. The summed E-state index contributed by atoms with van der Waals surface area (Å²) in [7, 11) is 0. The van der Waals surface area contributed by atoms with E-state index in [2.05, 4.69) is 0 Å². The summed E-state index contributed by atoms with van der Waals surface area (Å²) in [6.07, 6.45) is -13.4. The van der Waals surface area contributed by atoms with Gasteiger partial charge < -0.3 is 90.6 Å². The molecular weight excluding hydrogens is 548 g/mol. The summed E-state index contributed by atoms with van der Waals surface area (Å²) in [6.45, 7) is -1.54. The second kappa shape index (κ2) is 12.1. The molecule has 0 spiro atoms. The molecule has 0 aromatic rings. The fraction of sp³-hybridized carbons (Fsp3) is 0.545. The molecule has 12 atom stereocenters. The van der Waals surface area contributed by atoms with Crippen molar-refractivity contribution < 1.29 is 80.1 Å². The molecule has 2 fully saturated rings. The molecule has 18 nitrogen and oxygen atoms in total. The van der Waals surface area contributed by atoms with Crippen LogP contribution in [0.15, 0.2) is 59.0 Å². The van der Waals surface area contributed by atoms with E-state index in [0.717, 1.165) is 24.6 Å². The lowest BCUT2D eigenvalue weighted by molar-refractivity contribution is -0.784. The Balaban J connectivity index is 1.66. The topological polar surface area (TPSA) is 294 Å². The van der Waals surface area contributed by atoms with Crippen molar-refractivity contribution in [2.24, 2.45) is 0 Å². The number of rotatable bonds is 6. The summed E-state index contributed by atoms with van der Waals surface area (Å²) in [5.74, 6) is -3.11. The number of allylic oxidation sites excluding steroid dienone is 2. The number of ether oxygens (including phenoxy) is 4. The molecule has 40 heavy (non-hydrogen) atoms. The van der Waals surface area contributed by atoms with Crippen LogP contribution in [-0.4, -0.2) is 126 Å². The molecule has 12 N–H and O–H groups in total. The van der Waals surface area contributed by atoms with Crippen molar-refractivity contribution in [2.45, 2.75) is 61.4 Å². The van der Waals surface area contributed by atoms with Crippen LogP contribution >= 0.6 is 0 Å². The maximum atomic E-state index is 12.7. The van der Waals surface area contributed by atoms with Crippen LogP contribution in [0.5, 0.6) is 0 Å². The first-order valence-corrected chi connectivity index (χ1v) is 11.9. The first kappa shape index (κ1) is 30.3. The summed E-state index contributed by atoms with van der Waals surface area (Å²) in [4.78, 5) is 0. The number of aliphatic hydroxyl groups excluding tert-OH is 10. The van der Waals surface area contributed by atoms with Gasteiger partial charge in [0.15, 0.2) is 11.5 Å². The Morgan fingerprint density at radius 2 is 0.975 bits per heavy atom. The minimum atomic E-state index is -1.87. The molecule has 224 valence electrons. The Morgan fingerprint density at radius 1 is 0.625 bits per heavy atom. The predicted octanol–water partition coefficient (Wildman–Crippen LogP) is -6.81. The molecule has 4 heterocycles. The van der Waals surface area contributed by atoms with Crippen molar-refractivity contribution in [1.82, 2.24) is 0 Å². The van der Waals surface area contributed by atoms with Crippen LogP contribution in [0.2, 0.25) is 0 Å². The number of hydrogen-bond acceptors (Lipinski definition) is 16.